The molecule has 0 spiro atoms. The predicted octanol–water partition coefficient (Wildman–Crippen LogP) is 3.26. The van der Waals surface area contributed by atoms with E-state index in [0.717, 1.165) is 17.3 Å². The number of esters is 1. The van der Waals surface area contributed by atoms with Crippen molar-refractivity contribution in [1.29, 1.82) is 0 Å². The van der Waals surface area contributed by atoms with Crippen molar-refractivity contribution in [3.63, 3.8) is 0 Å². The minimum absolute atomic E-state index is 0.349. The zero-order chi connectivity index (χ0) is 14.7. The summed E-state index contributed by atoms with van der Waals surface area (Å²) in [7, 11) is 0. The second-order valence-corrected chi connectivity index (χ2v) is 4.84. The predicted molar refractivity (Wildman–Crippen MR) is 81.2 cm³/mol. The van der Waals surface area contributed by atoms with Crippen molar-refractivity contribution in [2.75, 3.05) is 6.61 Å². The van der Waals surface area contributed by atoms with Crippen LogP contribution in [0.1, 0.15) is 23.0 Å². The number of benzene rings is 1. The molecular weight excluding hydrogens is 264 g/mol. The van der Waals surface area contributed by atoms with Crippen LogP contribution in [0.3, 0.4) is 0 Å². The second-order valence-electron chi connectivity index (χ2n) is 4.84. The number of rotatable bonds is 4. The van der Waals surface area contributed by atoms with Crippen LogP contribution in [-0.2, 0) is 11.3 Å². The third-order valence-electron chi connectivity index (χ3n) is 3.27. The topological polar surface area (TPSA) is 44.1 Å². The molecule has 0 saturated heterocycles. The molecule has 0 aliphatic carbocycles. The summed E-state index contributed by atoms with van der Waals surface area (Å²) < 4.78 is 7.06. The highest BCUT2D eigenvalue weighted by atomic mass is 16.5. The van der Waals surface area contributed by atoms with Gasteiger partial charge in [-0.1, -0.05) is 30.3 Å². The van der Waals surface area contributed by atoms with Gasteiger partial charge in [0.15, 0.2) is 0 Å². The first-order valence-electron chi connectivity index (χ1n) is 6.93. The first-order chi connectivity index (χ1) is 10.3. The SMILES string of the molecule is CCOC(=O)c1cc2cn(Cc3ccccc3)cc2cn1. The molecule has 3 aromatic rings. The van der Waals surface area contributed by atoms with E-state index in [0.29, 0.717) is 12.3 Å². The zero-order valence-electron chi connectivity index (χ0n) is 11.8. The third kappa shape index (κ3) is 2.94. The Balaban J connectivity index is 1.88. The van der Waals surface area contributed by atoms with Gasteiger partial charge in [-0.25, -0.2) is 9.78 Å². The number of carbonyl (C=O) groups excluding carboxylic acids is 1. The lowest BCUT2D eigenvalue weighted by Gasteiger charge is -2.01. The number of hydrogen-bond donors (Lipinski definition) is 0. The van der Waals surface area contributed by atoms with Gasteiger partial charge in [0.2, 0.25) is 0 Å². The minimum atomic E-state index is -0.379. The lowest BCUT2D eigenvalue weighted by Crippen LogP contribution is -2.06. The van der Waals surface area contributed by atoms with Crippen LogP contribution in [0.5, 0.6) is 0 Å². The molecule has 0 N–H and O–H groups in total. The Labute approximate surface area is 123 Å². The zero-order valence-corrected chi connectivity index (χ0v) is 11.8. The van der Waals surface area contributed by atoms with E-state index in [2.05, 4.69) is 21.7 Å². The number of pyridine rings is 1. The van der Waals surface area contributed by atoms with Crippen LogP contribution in [0.25, 0.3) is 10.8 Å². The van der Waals surface area contributed by atoms with Crippen molar-refractivity contribution in [2.45, 2.75) is 13.5 Å². The van der Waals surface area contributed by atoms with E-state index in [4.69, 9.17) is 4.74 Å². The molecule has 0 amide bonds. The summed E-state index contributed by atoms with van der Waals surface area (Å²) in [5, 5.41) is 2.00. The largest absolute Gasteiger partial charge is 0.461 e. The number of carbonyl (C=O) groups is 1. The van der Waals surface area contributed by atoms with Gasteiger partial charge in [0.1, 0.15) is 5.69 Å². The van der Waals surface area contributed by atoms with Gasteiger partial charge >= 0.3 is 5.97 Å². The fourth-order valence-corrected chi connectivity index (χ4v) is 2.30. The van der Waals surface area contributed by atoms with Gasteiger partial charge in [-0.15, -0.1) is 0 Å². The van der Waals surface area contributed by atoms with Crippen molar-refractivity contribution in [3.8, 4) is 0 Å². The van der Waals surface area contributed by atoms with Crippen molar-refractivity contribution in [3.05, 3.63) is 66.2 Å². The number of ether oxygens (including phenoxy) is 1. The van der Waals surface area contributed by atoms with E-state index in [-0.39, 0.29) is 5.97 Å². The highest BCUT2D eigenvalue weighted by Crippen LogP contribution is 2.17. The fraction of sp³-hybridized carbons (Fsp3) is 0.176. The Bertz CT molecular complexity index is 763. The molecule has 0 unspecified atom stereocenters. The first kappa shape index (κ1) is 13.4. The van der Waals surface area contributed by atoms with E-state index in [9.17, 15) is 4.79 Å². The molecule has 0 saturated carbocycles. The Morgan fingerprint density at radius 2 is 1.95 bits per heavy atom. The van der Waals surface area contributed by atoms with Crippen molar-refractivity contribution in [1.82, 2.24) is 9.55 Å². The minimum Gasteiger partial charge on any atom is -0.461 e. The molecule has 0 radical (unpaired) electrons. The van der Waals surface area contributed by atoms with Crippen LogP contribution in [-0.4, -0.2) is 22.1 Å². The van der Waals surface area contributed by atoms with Crippen LogP contribution in [0.4, 0.5) is 0 Å². The lowest BCUT2D eigenvalue weighted by atomic mass is 10.2. The number of hydrogen-bond acceptors (Lipinski definition) is 3. The summed E-state index contributed by atoms with van der Waals surface area (Å²) in [5.74, 6) is -0.379. The molecule has 21 heavy (non-hydrogen) atoms. The van der Waals surface area contributed by atoms with Crippen molar-refractivity contribution in [2.24, 2.45) is 0 Å². The van der Waals surface area contributed by atoms with Crippen LogP contribution in [0, 0.1) is 0 Å². The van der Waals surface area contributed by atoms with Gasteiger partial charge in [-0.3, -0.25) is 0 Å². The highest BCUT2D eigenvalue weighted by Gasteiger charge is 2.09. The van der Waals surface area contributed by atoms with E-state index in [1.54, 1.807) is 19.2 Å². The second kappa shape index (κ2) is 5.79. The Kier molecular flexibility index (Phi) is 3.69. The maximum Gasteiger partial charge on any atom is 0.356 e. The van der Waals surface area contributed by atoms with Crippen LogP contribution in [0.2, 0.25) is 0 Å². The van der Waals surface area contributed by atoms with Crippen LogP contribution < -0.4 is 0 Å². The molecule has 106 valence electrons. The molecule has 0 aliphatic rings. The van der Waals surface area contributed by atoms with E-state index in [1.165, 1.54) is 5.56 Å². The van der Waals surface area contributed by atoms with Gasteiger partial charge in [0, 0.05) is 35.9 Å². The molecule has 2 heterocycles. The monoisotopic (exact) mass is 280 g/mol. The number of fused-ring (bicyclic) bond motifs is 1. The molecule has 4 nitrogen and oxygen atoms in total. The molecular formula is C17H16N2O2. The van der Waals surface area contributed by atoms with Gasteiger partial charge < -0.3 is 9.30 Å². The van der Waals surface area contributed by atoms with E-state index < -0.39 is 0 Å². The average molecular weight is 280 g/mol. The molecule has 0 aliphatic heterocycles. The van der Waals surface area contributed by atoms with Gasteiger partial charge in [-0.05, 0) is 18.6 Å². The summed E-state index contributed by atoms with van der Waals surface area (Å²) in [6, 6.07) is 12.0. The lowest BCUT2D eigenvalue weighted by molar-refractivity contribution is 0.0520. The van der Waals surface area contributed by atoms with Gasteiger partial charge in [-0.2, -0.15) is 0 Å². The summed E-state index contributed by atoms with van der Waals surface area (Å²) in [4.78, 5) is 15.9. The fourth-order valence-electron chi connectivity index (χ4n) is 2.30. The maximum absolute atomic E-state index is 11.7. The van der Waals surface area contributed by atoms with E-state index in [1.807, 2.05) is 30.6 Å². The van der Waals surface area contributed by atoms with Crippen LogP contribution in [0.15, 0.2) is 55.0 Å². The molecule has 0 atom stereocenters. The first-order valence-corrected chi connectivity index (χ1v) is 6.93. The van der Waals surface area contributed by atoms with Gasteiger partial charge in [0.05, 0.1) is 6.61 Å². The summed E-state index contributed by atoms with van der Waals surface area (Å²) in [5.41, 5.74) is 1.58. The highest BCUT2D eigenvalue weighted by molar-refractivity contribution is 5.92. The van der Waals surface area contributed by atoms with E-state index >= 15 is 0 Å². The third-order valence-corrected chi connectivity index (χ3v) is 3.27. The summed E-state index contributed by atoms with van der Waals surface area (Å²) in [6.07, 6.45) is 5.76. The normalized spacial score (nSPS) is 10.7. The number of nitrogens with zero attached hydrogens (tertiary/aromatic N) is 2. The molecule has 1 aromatic carbocycles. The average Bonchev–Trinajstić information content (AvgIpc) is 2.89. The Morgan fingerprint density at radius 3 is 2.71 bits per heavy atom. The maximum atomic E-state index is 11.7. The molecule has 4 heteroatoms. The van der Waals surface area contributed by atoms with Crippen molar-refractivity contribution < 1.29 is 9.53 Å². The van der Waals surface area contributed by atoms with Crippen LogP contribution >= 0.6 is 0 Å². The molecule has 0 fully saturated rings. The van der Waals surface area contributed by atoms with Crippen molar-refractivity contribution >= 4 is 16.7 Å². The number of aromatic nitrogens is 2. The Morgan fingerprint density at radius 1 is 1.19 bits per heavy atom. The quantitative estimate of drug-likeness (QED) is 0.689. The van der Waals surface area contributed by atoms with Gasteiger partial charge in [0.25, 0.3) is 0 Å². The Hall–Kier alpha value is -2.62. The molecule has 3 rings (SSSR count). The summed E-state index contributed by atoms with van der Waals surface area (Å²) >= 11 is 0. The molecule has 0 bridgehead atoms. The molecule has 2 aromatic heterocycles. The smallest absolute Gasteiger partial charge is 0.356 e. The summed E-state index contributed by atoms with van der Waals surface area (Å²) in [6.45, 7) is 2.94. The standard InChI is InChI=1S/C17H16N2O2/c1-2-21-17(20)16-8-14-11-19(12-15(14)9-18-16)10-13-6-4-3-5-7-13/h3-9,11-12H,2,10H2,1H3.